The third kappa shape index (κ3) is 1.91. The van der Waals surface area contributed by atoms with Gasteiger partial charge in [0, 0.05) is 17.1 Å². The van der Waals surface area contributed by atoms with Gasteiger partial charge in [-0.05, 0) is 43.5 Å². The zero-order valence-electron chi connectivity index (χ0n) is 10.9. The fraction of sp³-hybridized carbons (Fsp3) is 0.438. The van der Waals surface area contributed by atoms with Crippen molar-refractivity contribution in [1.29, 1.82) is 0 Å². The number of hydrogen-bond donors (Lipinski definition) is 1. The van der Waals surface area contributed by atoms with Gasteiger partial charge in [-0.1, -0.05) is 30.9 Å². The van der Waals surface area contributed by atoms with Crippen LogP contribution in [0.25, 0.3) is 10.9 Å². The first-order valence-electron chi connectivity index (χ1n) is 6.84. The molecule has 1 heterocycles. The molecule has 1 aliphatic carbocycles. The highest BCUT2D eigenvalue weighted by molar-refractivity contribution is 5.83. The van der Waals surface area contributed by atoms with Crippen molar-refractivity contribution in [2.24, 2.45) is 5.73 Å². The summed E-state index contributed by atoms with van der Waals surface area (Å²) in [4.78, 5) is 4.45. The first kappa shape index (κ1) is 11.7. The molecule has 2 N–H and O–H groups in total. The van der Waals surface area contributed by atoms with E-state index in [-0.39, 0.29) is 5.54 Å². The van der Waals surface area contributed by atoms with Gasteiger partial charge in [0.2, 0.25) is 0 Å². The van der Waals surface area contributed by atoms with E-state index in [4.69, 9.17) is 5.73 Å². The fourth-order valence-corrected chi connectivity index (χ4v) is 3.15. The second-order valence-electron chi connectivity index (χ2n) is 5.60. The minimum absolute atomic E-state index is 0.146. The van der Waals surface area contributed by atoms with E-state index in [0.29, 0.717) is 0 Å². The van der Waals surface area contributed by atoms with Crippen LogP contribution in [0.4, 0.5) is 0 Å². The van der Waals surface area contributed by atoms with E-state index in [1.165, 1.54) is 35.8 Å². The summed E-state index contributed by atoms with van der Waals surface area (Å²) >= 11 is 0. The van der Waals surface area contributed by atoms with Crippen molar-refractivity contribution in [2.45, 2.75) is 44.6 Å². The van der Waals surface area contributed by atoms with Crippen LogP contribution < -0.4 is 5.73 Å². The Hall–Kier alpha value is -1.41. The lowest BCUT2D eigenvalue weighted by molar-refractivity contribution is 0.304. The molecule has 0 atom stereocenters. The molecule has 0 radical (unpaired) electrons. The number of pyridine rings is 1. The van der Waals surface area contributed by atoms with Gasteiger partial charge in [-0.3, -0.25) is 4.98 Å². The lowest BCUT2D eigenvalue weighted by Crippen LogP contribution is -2.38. The lowest BCUT2D eigenvalue weighted by atomic mass is 9.76. The molecule has 0 unspecified atom stereocenters. The third-order valence-electron chi connectivity index (χ3n) is 4.18. The van der Waals surface area contributed by atoms with E-state index in [1.807, 2.05) is 6.20 Å². The second kappa shape index (κ2) is 4.36. The van der Waals surface area contributed by atoms with E-state index in [1.54, 1.807) is 0 Å². The number of nitrogens with two attached hydrogens (primary N) is 1. The Morgan fingerprint density at radius 2 is 1.89 bits per heavy atom. The Balaban J connectivity index is 2.18. The zero-order chi connectivity index (χ0) is 12.6. The molecule has 3 rings (SSSR count). The highest BCUT2D eigenvalue weighted by Crippen LogP contribution is 2.37. The van der Waals surface area contributed by atoms with Gasteiger partial charge < -0.3 is 5.73 Å². The van der Waals surface area contributed by atoms with Crippen molar-refractivity contribution < 1.29 is 0 Å². The van der Waals surface area contributed by atoms with Crippen LogP contribution in [-0.2, 0) is 5.54 Å². The number of nitrogens with zero attached hydrogens (tertiary/aromatic N) is 1. The summed E-state index contributed by atoms with van der Waals surface area (Å²) < 4.78 is 0. The number of rotatable bonds is 1. The molecular formula is C16H20N2. The molecule has 1 saturated carbocycles. The van der Waals surface area contributed by atoms with Gasteiger partial charge in [0.15, 0.2) is 0 Å². The van der Waals surface area contributed by atoms with Crippen molar-refractivity contribution in [3.63, 3.8) is 0 Å². The van der Waals surface area contributed by atoms with E-state index in [0.717, 1.165) is 18.4 Å². The van der Waals surface area contributed by atoms with Crippen LogP contribution in [0.5, 0.6) is 0 Å². The Labute approximate surface area is 108 Å². The topological polar surface area (TPSA) is 38.9 Å². The number of aromatic nitrogens is 1. The lowest BCUT2D eigenvalue weighted by Gasteiger charge is -2.34. The molecule has 0 saturated heterocycles. The van der Waals surface area contributed by atoms with Gasteiger partial charge in [0.25, 0.3) is 0 Å². The Kier molecular flexibility index (Phi) is 2.83. The monoisotopic (exact) mass is 240 g/mol. The first-order valence-corrected chi connectivity index (χ1v) is 6.84. The van der Waals surface area contributed by atoms with E-state index >= 15 is 0 Å². The van der Waals surface area contributed by atoms with Gasteiger partial charge in [0.1, 0.15) is 0 Å². The van der Waals surface area contributed by atoms with E-state index in [9.17, 15) is 0 Å². The van der Waals surface area contributed by atoms with Crippen LogP contribution in [-0.4, -0.2) is 4.98 Å². The summed E-state index contributed by atoms with van der Waals surface area (Å²) in [6.45, 7) is 2.13. The molecule has 2 aromatic rings. The van der Waals surface area contributed by atoms with Crippen LogP contribution in [0.2, 0.25) is 0 Å². The van der Waals surface area contributed by atoms with Crippen LogP contribution >= 0.6 is 0 Å². The maximum Gasteiger partial charge on any atom is 0.0705 e. The first-order chi connectivity index (χ1) is 8.69. The van der Waals surface area contributed by atoms with Gasteiger partial charge in [-0.25, -0.2) is 0 Å². The number of aryl methyl sites for hydroxylation is 1. The predicted molar refractivity (Wildman–Crippen MR) is 75.4 cm³/mol. The van der Waals surface area contributed by atoms with Gasteiger partial charge >= 0.3 is 0 Å². The normalized spacial score (nSPS) is 19.0. The highest BCUT2D eigenvalue weighted by atomic mass is 14.8. The van der Waals surface area contributed by atoms with Gasteiger partial charge in [-0.15, -0.1) is 0 Å². The van der Waals surface area contributed by atoms with Gasteiger partial charge in [0.05, 0.1) is 5.52 Å². The van der Waals surface area contributed by atoms with Crippen LogP contribution in [0.15, 0.2) is 30.5 Å². The van der Waals surface area contributed by atoms with Crippen LogP contribution in [0.3, 0.4) is 0 Å². The molecule has 0 aliphatic heterocycles. The summed E-state index contributed by atoms with van der Waals surface area (Å²) in [6.07, 6.45) is 7.90. The second-order valence-corrected chi connectivity index (χ2v) is 5.60. The van der Waals surface area contributed by atoms with E-state index < -0.39 is 0 Å². The molecule has 2 nitrogen and oxygen atoms in total. The highest BCUT2D eigenvalue weighted by Gasteiger charge is 2.30. The largest absolute Gasteiger partial charge is 0.321 e. The summed E-state index contributed by atoms with van der Waals surface area (Å²) in [5, 5.41) is 1.24. The maximum atomic E-state index is 6.67. The summed E-state index contributed by atoms with van der Waals surface area (Å²) in [7, 11) is 0. The van der Waals surface area contributed by atoms with Crippen molar-refractivity contribution in [2.75, 3.05) is 0 Å². The molecular weight excluding hydrogens is 220 g/mol. The maximum absolute atomic E-state index is 6.67. The summed E-state index contributed by atoms with van der Waals surface area (Å²) in [6, 6.07) is 8.55. The summed E-state index contributed by atoms with van der Waals surface area (Å²) in [5.41, 5.74) is 10.1. The molecule has 0 spiro atoms. The van der Waals surface area contributed by atoms with Crippen molar-refractivity contribution in [3.05, 3.63) is 41.6 Å². The zero-order valence-corrected chi connectivity index (χ0v) is 10.9. The molecule has 2 heteroatoms. The molecule has 94 valence electrons. The Morgan fingerprint density at radius 3 is 2.67 bits per heavy atom. The number of fused-ring (bicyclic) bond motifs is 1. The average Bonchev–Trinajstić information content (AvgIpc) is 2.38. The quantitative estimate of drug-likeness (QED) is 0.826. The minimum atomic E-state index is -0.146. The average molecular weight is 240 g/mol. The van der Waals surface area contributed by atoms with Crippen molar-refractivity contribution in [1.82, 2.24) is 4.98 Å². The smallest absolute Gasteiger partial charge is 0.0705 e. The molecule has 0 bridgehead atoms. The molecule has 0 amide bonds. The molecule has 1 aromatic carbocycles. The van der Waals surface area contributed by atoms with Crippen LogP contribution in [0, 0.1) is 6.92 Å². The third-order valence-corrected chi connectivity index (χ3v) is 4.18. The van der Waals surface area contributed by atoms with E-state index in [2.05, 4.69) is 36.2 Å². The fourth-order valence-electron chi connectivity index (χ4n) is 3.15. The number of benzene rings is 1. The van der Waals surface area contributed by atoms with Gasteiger partial charge in [-0.2, -0.15) is 0 Å². The standard InChI is InChI=1S/C16H20N2/c1-12-5-6-15-13(11-12)14(7-10-18-15)16(17)8-3-2-4-9-16/h5-7,10-11H,2-4,8-9,17H2,1H3. The van der Waals surface area contributed by atoms with Crippen LogP contribution in [0.1, 0.15) is 43.2 Å². The number of hydrogen-bond acceptors (Lipinski definition) is 2. The Morgan fingerprint density at radius 1 is 1.11 bits per heavy atom. The molecule has 1 aliphatic rings. The molecule has 1 fully saturated rings. The SMILES string of the molecule is Cc1ccc2nccc(C3(N)CCCCC3)c2c1. The van der Waals surface area contributed by atoms with Crippen molar-refractivity contribution in [3.8, 4) is 0 Å². The minimum Gasteiger partial charge on any atom is -0.321 e. The van der Waals surface area contributed by atoms with Crippen molar-refractivity contribution >= 4 is 10.9 Å². The molecule has 1 aromatic heterocycles. The Bertz CT molecular complexity index is 568. The molecule has 18 heavy (non-hydrogen) atoms. The summed E-state index contributed by atoms with van der Waals surface area (Å²) in [5.74, 6) is 0. The predicted octanol–water partition coefficient (Wildman–Crippen LogP) is 3.66.